The summed E-state index contributed by atoms with van der Waals surface area (Å²) in [5.41, 5.74) is 6.38. The summed E-state index contributed by atoms with van der Waals surface area (Å²) in [6.07, 6.45) is 1.21. The van der Waals surface area contributed by atoms with E-state index in [1.807, 2.05) is 11.8 Å². The van der Waals surface area contributed by atoms with Crippen LogP contribution in [0.1, 0.15) is 26.2 Å². The van der Waals surface area contributed by atoms with E-state index in [0.29, 0.717) is 32.0 Å². The van der Waals surface area contributed by atoms with Gasteiger partial charge in [0, 0.05) is 30.5 Å². The number of allylic oxidation sites excluding steroid dienone is 1. The van der Waals surface area contributed by atoms with Crippen molar-refractivity contribution in [2.75, 3.05) is 26.3 Å². The highest BCUT2D eigenvalue weighted by molar-refractivity contribution is 7.95. The number of rotatable bonds is 8. The van der Waals surface area contributed by atoms with Gasteiger partial charge in [0.2, 0.25) is 9.84 Å². The maximum Gasteiger partial charge on any atom is 0.573 e. The first-order valence-corrected chi connectivity index (χ1v) is 11.1. The lowest BCUT2D eigenvalue weighted by Crippen LogP contribution is -2.45. The Bertz CT molecular complexity index is 920. The van der Waals surface area contributed by atoms with E-state index < -0.39 is 21.9 Å². The third kappa shape index (κ3) is 5.28. The van der Waals surface area contributed by atoms with E-state index in [2.05, 4.69) is 4.74 Å². The molecule has 30 heavy (non-hydrogen) atoms. The van der Waals surface area contributed by atoms with Gasteiger partial charge in [-0.25, -0.2) is 8.42 Å². The maximum atomic E-state index is 13.0. The average molecular weight is 446 g/mol. The van der Waals surface area contributed by atoms with Gasteiger partial charge < -0.3 is 20.1 Å². The zero-order valence-corrected chi connectivity index (χ0v) is 17.4. The van der Waals surface area contributed by atoms with Gasteiger partial charge in [0.05, 0.1) is 23.0 Å². The standard InChI is InChI=1S/C20H25F3N2O4S/c1-2-28-14-19(8-3-9-19)13-25-11-15(24)10-18(12-25)30(26,27)17-6-4-16(5-7-17)29-20(21,22)23/h4-7,10,12H,2-3,8-9,11,13-14,24H2,1H3. The number of nitrogens with two attached hydrogens (primary N) is 1. The lowest BCUT2D eigenvalue weighted by Gasteiger charge is -2.45. The summed E-state index contributed by atoms with van der Waals surface area (Å²) < 4.78 is 72.4. The first-order valence-electron chi connectivity index (χ1n) is 9.64. The Hall–Kier alpha value is -2.20. The van der Waals surface area contributed by atoms with Crippen LogP contribution in [0.5, 0.6) is 5.75 Å². The van der Waals surface area contributed by atoms with E-state index >= 15 is 0 Å². The molecule has 1 aliphatic carbocycles. The number of nitrogens with zero attached hydrogens (tertiary/aromatic N) is 1. The highest BCUT2D eigenvalue weighted by Gasteiger charge is 2.39. The Labute approximate surface area is 174 Å². The molecule has 1 heterocycles. The molecule has 6 nitrogen and oxygen atoms in total. The van der Waals surface area contributed by atoms with Crippen LogP contribution in [0.15, 0.2) is 52.0 Å². The van der Waals surface area contributed by atoms with Gasteiger partial charge >= 0.3 is 6.36 Å². The molecule has 0 spiro atoms. The maximum absolute atomic E-state index is 13.0. The first-order chi connectivity index (χ1) is 14.0. The van der Waals surface area contributed by atoms with Crippen LogP contribution in [0, 0.1) is 5.41 Å². The van der Waals surface area contributed by atoms with Gasteiger partial charge in [0.1, 0.15) is 5.75 Å². The van der Waals surface area contributed by atoms with Crippen molar-refractivity contribution >= 4 is 9.84 Å². The topological polar surface area (TPSA) is 81.9 Å². The second-order valence-electron chi connectivity index (χ2n) is 7.67. The number of ether oxygens (including phenoxy) is 2. The molecule has 166 valence electrons. The molecule has 3 rings (SSSR count). The third-order valence-corrected chi connectivity index (χ3v) is 7.00. The van der Waals surface area contributed by atoms with Crippen LogP contribution in [0.2, 0.25) is 0 Å². The van der Waals surface area contributed by atoms with Gasteiger partial charge in [0.25, 0.3) is 0 Å². The molecule has 0 aromatic heterocycles. The number of alkyl halides is 3. The van der Waals surface area contributed by atoms with Crippen molar-refractivity contribution in [1.82, 2.24) is 4.90 Å². The van der Waals surface area contributed by atoms with Crippen molar-refractivity contribution in [2.45, 2.75) is 37.4 Å². The summed E-state index contributed by atoms with van der Waals surface area (Å²) in [5.74, 6) is -0.487. The van der Waals surface area contributed by atoms with Crippen LogP contribution >= 0.6 is 0 Å². The third-order valence-electron chi connectivity index (χ3n) is 5.27. The molecule has 1 aromatic rings. The molecular formula is C20H25F3N2O4S. The van der Waals surface area contributed by atoms with Crippen molar-refractivity contribution in [2.24, 2.45) is 11.1 Å². The number of hydrogen-bond acceptors (Lipinski definition) is 6. The minimum Gasteiger partial charge on any atom is -0.406 e. The summed E-state index contributed by atoms with van der Waals surface area (Å²) in [6.45, 7) is 4.20. The molecule has 0 atom stereocenters. The minimum atomic E-state index is -4.84. The zero-order chi connectivity index (χ0) is 22.0. The number of halogens is 3. The van der Waals surface area contributed by atoms with Crippen LogP contribution in [0.3, 0.4) is 0 Å². The van der Waals surface area contributed by atoms with Crippen molar-refractivity contribution in [3.8, 4) is 5.75 Å². The fraction of sp³-hybridized carbons (Fsp3) is 0.500. The van der Waals surface area contributed by atoms with E-state index in [-0.39, 0.29) is 15.2 Å². The quantitative estimate of drug-likeness (QED) is 0.658. The summed E-state index contributed by atoms with van der Waals surface area (Å²) in [7, 11) is -3.95. The molecule has 10 heteroatoms. The molecule has 1 saturated carbocycles. The van der Waals surface area contributed by atoms with Gasteiger partial charge in [-0.15, -0.1) is 13.2 Å². The molecule has 1 aromatic carbocycles. The second kappa shape index (κ2) is 8.50. The molecule has 2 N–H and O–H groups in total. The van der Waals surface area contributed by atoms with Crippen LogP contribution in [-0.2, 0) is 14.6 Å². The minimum absolute atomic E-state index is 0.00150. The van der Waals surface area contributed by atoms with E-state index in [0.717, 1.165) is 43.5 Å². The van der Waals surface area contributed by atoms with Crippen molar-refractivity contribution < 1.29 is 31.1 Å². The lowest BCUT2D eigenvalue weighted by atomic mass is 9.69. The van der Waals surface area contributed by atoms with E-state index in [1.54, 1.807) is 6.20 Å². The number of sulfone groups is 1. The van der Waals surface area contributed by atoms with Gasteiger partial charge in [-0.1, -0.05) is 6.42 Å². The molecule has 0 unspecified atom stereocenters. The fourth-order valence-corrected chi connectivity index (χ4v) is 5.07. The van der Waals surface area contributed by atoms with Crippen LogP contribution < -0.4 is 10.5 Å². The molecule has 0 amide bonds. The number of benzene rings is 1. The van der Waals surface area contributed by atoms with Gasteiger partial charge in [-0.3, -0.25) is 0 Å². The predicted molar refractivity (Wildman–Crippen MR) is 105 cm³/mol. The summed E-state index contributed by atoms with van der Waals surface area (Å²) in [4.78, 5) is 1.74. The van der Waals surface area contributed by atoms with E-state index in [1.165, 1.54) is 6.08 Å². The van der Waals surface area contributed by atoms with Crippen LogP contribution in [0.4, 0.5) is 13.2 Å². The SMILES string of the molecule is CCOCC1(CN2C=C(S(=O)(=O)c3ccc(OC(F)(F)F)cc3)C=C(N)C2)CCC1. The largest absolute Gasteiger partial charge is 0.573 e. The van der Waals surface area contributed by atoms with Gasteiger partial charge in [-0.05, 0) is 50.1 Å². The second-order valence-corrected chi connectivity index (χ2v) is 9.62. The Morgan fingerprint density at radius 3 is 2.40 bits per heavy atom. The Kier molecular flexibility index (Phi) is 6.37. The summed E-state index contributed by atoms with van der Waals surface area (Å²) in [6, 6.07) is 4.12. The number of hydrogen-bond donors (Lipinski definition) is 1. The zero-order valence-electron chi connectivity index (χ0n) is 16.6. The first kappa shape index (κ1) is 22.5. The molecule has 1 fully saturated rings. The summed E-state index contributed by atoms with van der Waals surface area (Å²) in [5, 5.41) is 0. The lowest BCUT2D eigenvalue weighted by molar-refractivity contribution is -0.274. The predicted octanol–water partition coefficient (Wildman–Crippen LogP) is 3.57. The molecule has 1 aliphatic heterocycles. The normalized spacial score (nSPS) is 19.0. The average Bonchev–Trinajstić information content (AvgIpc) is 2.62. The smallest absolute Gasteiger partial charge is 0.406 e. The molecule has 0 bridgehead atoms. The van der Waals surface area contributed by atoms with Crippen LogP contribution in [0.25, 0.3) is 0 Å². The molecule has 0 radical (unpaired) electrons. The Morgan fingerprint density at radius 1 is 1.20 bits per heavy atom. The Morgan fingerprint density at radius 2 is 1.87 bits per heavy atom. The van der Waals surface area contributed by atoms with Crippen molar-refractivity contribution in [3.05, 3.63) is 47.1 Å². The van der Waals surface area contributed by atoms with Gasteiger partial charge in [-0.2, -0.15) is 0 Å². The molecular weight excluding hydrogens is 421 g/mol. The van der Waals surface area contributed by atoms with Gasteiger partial charge in [0.15, 0.2) is 0 Å². The summed E-state index contributed by atoms with van der Waals surface area (Å²) >= 11 is 0. The Balaban J connectivity index is 1.80. The molecule has 0 saturated heterocycles. The van der Waals surface area contributed by atoms with Crippen LogP contribution in [-0.4, -0.2) is 46.0 Å². The van der Waals surface area contributed by atoms with Crippen molar-refractivity contribution in [3.63, 3.8) is 0 Å². The molecule has 2 aliphatic rings. The highest BCUT2D eigenvalue weighted by Crippen LogP contribution is 2.42. The fourth-order valence-electron chi connectivity index (χ4n) is 3.71. The monoisotopic (exact) mass is 446 g/mol. The van der Waals surface area contributed by atoms with E-state index in [4.69, 9.17) is 10.5 Å². The highest BCUT2D eigenvalue weighted by atomic mass is 32.2. The van der Waals surface area contributed by atoms with E-state index in [9.17, 15) is 21.6 Å². The van der Waals surface area contributed by atoms with Crippen molar-refractivity contribution in [1.29, 1.82) is 0 Å².